The standard InChI is InChI=1S/C8H18.C6H14.6CH4/c1-4-6-8(3)7-5-2;1-4-5-6(2)3;;;;;;/h8H,4-7H2,1-3H3;6H,4-5H2,1-3H3;6*1H4. The number of hydrogen-bond donors (Lipinski definition) is 0. The smallest absolute Gasteiger partial charge is 0.0443 e. The van der Waals surface area contributed by atoms with Gasteiger partial charge in [-0.25, -0.2) is 0 Å². The molecule has 0 saturated heterocycles. The molecule has 0 nitrogen and oxygen atoms in total. The van der Waals surface area contributed by atoms with Crippen LogP contribution < -0.4 is 0 Å². The van der Waals surface area contributed by atoms with Crippen molar-refractivity contribution >= 4 is 0 Å². The quantitative estimate of drug-likeness (QED) is 0.457. The molecule has 136 valence electrons. The first kappa shape index (κ1) is 50.1. The molecule has 0 aliphatic rings. The van der Waals surface area contributed by atoms with Gasteiger partial charge in [0.15, 0.2) is 0 Å². The zero-order chi connectivity index (χ0) is 11.4. The molecule has 0 heterocycles. The summed E-state index contributed by atoms with van der Waals surface area (Å²) in [4.78, 5) is 0. The lowest BCUT2D eigenvalue weighted by atomic mass is 10.0. The third-order valence-corrected chi connectivity index (χ3v) is 2.43. The molecule has 0 amide bonds. The molecule has 0 rings (SSSR count). The maximum atomic E-state index is 2.34. The fourth-order valence-electron chi connectivity index (χ4n) is 1.71. The second-order valence-corrected chi connectivity index (χ2v) is 4.87. The molecule has 0 unspecified atom stereocenters. The van der Waals surface area contributed by atoms with Crippen molar-refractivity contribution in [3.05, 3.63) is 0 Å². The molecule has 0 saturated carbocycles. The van der Waals surface area contributed by atoms with E-state index in [9.17, 15) is 0 Å². The number of rotatable bonds is 6. The minimum atomic E-state index is 0. The average Bonchev–Trinajstić information content (AvgIpc) is 2.05. The lowest BCUT2D eigenvalue weighted by molar-refractivity contribution is 0.480. The Kier molecular flexibility index (Phi) is 107. The van der Waals surface area contributed by atoms with Crippen LogP contribution >= 0.6 is 0 Å². The molecule has 0 radical (unpaired) electrons. The Labute approximate surface area is 137 Å². The zero-order valence-electron chi connectivity index (χ0n) is 11.4. The first-order chi connectivity index (χ1) is 6.58. The van der Waals surface area contributed by atoms with Crippen LogP contribution in [-0.2, 0) is 0 Å². The fraction of sp³-hybridized carbons (Fsp3) is 1.00. The van der Waals surface area contributed by atoms with Gasteiger partial charge >= 0.3 is 0 Å². The molecule has 0 bridgehead atoms. The average molecular weight is 297 g/mol. The van der Waals surface area contributed by atoms with Gasteiger partial charge in [0.1, 0.15) is 0 Å². The van der Waals surface area contributed by atoms with Crippen LogP contribution in [0.15, 0.2) is 0 Å². The summed E-state index contributed by atoms with van der Waals surface area (Å²) < 4.78 is 0. The molecule has 20 heavy (non-hydrogen) atoms. The Morgan fingerprint density at radius 3 is 0.850 bits per heavy atom. The van der Waals surface area contributed by atoms with Crippen molar-refractivity contribution < 1.29 is 0 Å². The highest BCUT2D eigenvalue weighted by molar-refractivity contribution is 4.48. The van der Waals surface area contributed by atoms with Gasteiger partial charge in [0, 0.05) is 0 Å². The van der Waals surface area contributed by atoms with Crippen LogP contribution in [0.4, 0.5) is 0 Å². The van der Waals surface area contributed by atoms with Crippen LogP contribution in [0.25, 0.3) is 0 Å². The van der Waals surface area contributed by atoms with Gasteiger partial charge in [-0.15, -0.1) is 0 Å². The summed E-state index contributed by atoms with van der Waals surface area (Å²) in [5.74, 6) is 1.86. The van der Waals surface area contributed by atoms with Gasteiger partial charge in [-0.2, -0.15) is 0 Å². The van der Waals surface area contributed by atoms with Crippen molar-refractivity contribution in [2.24, 2.45) is 11.8 Å². The monoisotopic (exact) mass is 296 g/mol. The molecule has 0 aliphatic heterocycles. The van der Waals surface area contributed by atoms with Gasteiger partial charge in [0.2, 0.25) is 0 Å². The van der Waals surface area contributed by atoms with E-state index < -0.39 is 0 Å². The van der Waals surface area contributed by atoms with Gasteiger partial charge in [-0.3, -0.25) is 0 Å². The lowest BCUT2D eigenvalue weighted by Crippen LogP contribution is -1.91. The van der Waals surface area contributed by atoms with Gasteiger partial charge in [-0.1, -0.05) is 125 Å². The molecule has 0 aliphatic carbocycles. The summed E-state index contributed by atoms with van der Waals surface area (Å²) >= 11 is 0. The Bertz CT molecular complexity index is 78.0. The molecule has 0 heteroatoms. The second kappa shape index (κ2) is 42.8. The van der Waals surface area contributed by atoms with E-state index in [2.05, 4.69) is 41.5 Å². The van der Waals surface area contributed by atoms with Crippen LogP contribution in [0.1, 0.15) is 125 Å². The maximum Gasteiger partial charge on any atom is -0.0443 e. The van der Waals surface area contributed by atoms with E-state index in [1.54, 1.807) is 0 Å². The highest BCUT2D eigenvalue weighted by Gasteiger charge is 1.95. The van der Waals surface area contributed by atoms with Crippen LogP contribution in [0.3, 0.4) is 0 Å². The summed E-state index contributed by atoms with van der Waals surface area (Å²) in [5, 5.41) is 0. The van der Waals surface area contributed by atoms with Gasteiger partial charge < -0.3 is 0 Å². The molecule has 0 aromatic rings. The highest BCUT2D eigenvalue weighted by atomic mass is 14.0. The minimum absolute atomic E-state index is 0. The highest BCUT2D eigenvalue weighted by Crippen LogP contribution is 2.10. The van der Waals surface area contributed by atoms with Crippen molar-refractivity contribution in [2.45, 2.75) is 125 Å². The summed E-state index contributed by atoms with van der Waals surface area (Å²) in [6, 6.07) is 0. The van der Waals surface area contributed by atoms with E-state index in [0.29, 0.717) is 0 Å². The molecule has 0 spiro atoms. The van der Waals surface area contributed by atoms with Crippen molar-refractivity contribution in [1.82, 2.24) is 0 Å². The third kappa shape index (κ3) is 64.2. The number of hydrogen-bond acceptors (Lipinski definition) is 0. The third-order valence-electron chi connectivity index (χ3n) is 2.43. The van der Waals surface area contributed by atoms with Crippen molar-refractivity contribution in [3.63, 3.8) is 0 Å². The minimum Gasteiger partial charge on any atom is -0.0776 e. The van der Waals surface area contributed by atoms with Gasteiger partial charge in [0.25, 0.3) is 0 Å². The van der Waals surface area contributed by atoms with E-state index in [1.807, 2.05) is 0 Å². The largest absolute Gasteiger partial charge is 0.0776 e. The lowest BCUT2D eigenvalue weighted by Gasteiger charge is -2.05. The van der Waals surface area contributed by atoms with Crippen molar-refractivity contribution in [2.75, 3.05) is 0 Å². The van der Waals surface area contributed by atoms with Crippen LogP contribution in [0.5, 0.6) is 0 Å². The molecular formula is C20H56. The fourth-order valence-corrected chi connectivity index (χ4v) is 1.71. The first-order valence-electron chi connectivity index (χ1n) is 6.58. The maximum absolute atomic E-state index is 2.34. The van der Waals surface area contributed by atoms with Gasteiger partial charge in [-0.05, 0) is 11.8 Å². The Morgan fingerprint density at radius 1 is 0.500 bits per heavy atom. The summed E-state index contributed by atoms with van der Waals surface area (Å²) in [7, 11) is 0. The molecule has 0 aromatic carbocycles. The molecular weight excluding hydrogens is 240 g/mol. The molecule has 0 N–H and O–H groups in total. The summed E-state index contributed by atoms with van der Waals surface area (Å²) in [6.07, 6.45) is 8.22. The van der Waals surface area contributed by atoms with Crippen molar-refractivity contribution in [1.29, 1.82) is 0 Å². The second-order valence-electron chi connectivity index (χ2n) is 4.87. The topological polar surface area (TPSA) is 0 Å². The summed E-state index contributed by atoms with van der Waals surface area (Å²) in [5.41, 5.74) is 0. The van der Waals surface area contributed by atoms with E-state index in [0.717, 1.165) is 11.8 Å². The van der Waals surface area contributed by atoms with Gasteiger partial charge in [0.05, 0.1) is 0 Å². The first-order valence-corrected chi connectivity index (χ1v) is 6.58. The molecule has 0 atom stereocenters. The summed E-state index contributed by atoms with van der Waals surface area (Å²) in [6.45, 7) is 13.6. The normalized spacial score (nSPS) is 7.20. The van der Waals surface area contributed by atoms with E-state index in [-0.39, 0.29) is 44.6 Å². The van der Waals surface area contributed by atoms with Crippen molar-refractivity contribution in [3.8, 4) is 0 Å². The Morgan fingerprint density at radius 2 is 0.750 bits per heavy atom. The molecule has 0 aromatic heterocycles. The Balaban J connectivity index is -0.0000000188. The van der Waals surface area contributed by atoms with E-state index >= 15 is 0 Å². The van der Waals surface area contributed by atoms with E-state index in [1.165, 1.54) is 38.5 Å². The van der Waals surface area contributed by atoms with E-state index in [4.69, 9.17) is 0 Å². The predicted molar refractivity (Wildman–Crippen MR) is 109 cm³/mol. The van der Waals surface area contributed by atoms with Crippen LogP contribution in [0.2, 0.25) is 0 Å². The predicted octanol–water partition coefficient (Wildman–Crippen LogP) is 9.48. The van der Waals surface area contributed by atoms with Crippen LogP contribution in [-0.4, -0.2) is 0 Å². The molecule has 0 fully saturated rings. The zero-order valence-corrected chi connectivity index (χ0v) is 11.4. The van der Waals surface area contributed by atoms with Crippen LogP contribution in [0, 0.1) is 11.8 Å². The SMILES string of the molecule is C.C.C.C.C.C.CCCC(C)C.CCCC(C)CCC. The Hall–Kier alpha value is 0.